The highest BCUT2D eigenvalue weighted by atomic mass is 35.5. The van der Waals surface area contributed by atoms with Gasteiger partial charge in [-0.05, 0) is 24.3 Å². The Balaban J connectivity index is 0.000000479. The van der Waals surface area contributed by atoms with Crippen molar-refractivity contribution < 1.29 is 36.3 Å². The summed E-state index contributed by atoms with van der Waals surface area (Å²) in [5.41, 5.74) is 0.873. The average Bonchev–Trinajstić information content (AvgIpc) is 3.33. The Morgan fingerprint density at radius 2 is 1.73 bits per heavy atom. The molecule has 0 radical (unpaired) electrons. The molecular weight excluding hydrogens is 561 g/mol. The first-order valence-electron chi connectivity index (χ1n) is 10.5. The van der Waals surface area contributed by atoms with Crippen molar-refractivity contribution in [2.24, 2.45) is 0 Å². The highest BCUT2D eigenvalue weighted by Gasteiger charge is 2.38. The number of carbonyl (C=O) groups is 2. The van der Waals surface area contributed by atoms with E-state index in [0.717, 1.165) is 17.5 Å². The lowest BCUT2D eigenvalue weighted by atomic mass is 10.2. The van der Waals surface area contributed by atoms with Crippen LogP contribution in [0.15, 0.2) is 41.3 Å². The van der Waals surface area contributed by atoms with Gasteiger partial charge in [-0.2, -0.15) is 21.9 Å². The van der Waals surface area contributed by atoms with Gasteiger partial charge in [-0.25, -0.2) is 22.9 Å². The molecule has 37 heavy (non-hydrogen) atoms. The Morgan fingerprint density at radius 3 is 2.35 bits per heavy atom. The van der Waals surface area contributed by atoms with Gasteiger partial charge in [0.1, 0.15) is 26.9 Å². The Bertz CT molecular complexity index is 1360. The number of nitrogens with zero attached hydrogens (tertiary/aromatic N) is 5. The third-order valence-electron chi connectivity index (χ3n) is 5.07. The van der Waals surface area contributed by atoms with Crippen LogP contribution in [0.2, 0.25) is 5.15 Å². The van der Waals surface area contributed by atoms with Crippen LogP contribution in [0, 0.1) is 0 Å². The molecule has 200 valence electrons. The van der Waals surface area contributed by atoms with Crippen molar-refractivity contribution in [1.82, 2.24) is 23.4 Å². The number of nitrogens with one attached hydrogen (secondary N) is 1. The minimum absolute atomic E-state index is 0.0190. The molecule has 11 nitrogen and oxygen atoms in total. The van der Waals surface area contributed by atoms with E-state index in [-0.39, 0.29) is 23.8 Å². The van der Waals surface area contributed by atoms with E-state index in [9.17, 15) is 26.4 Å². The van der Waals surface area contributed by atoms with Crippen LogP contribution in [0.4, 0.5) is 19.0 Å². The highest BCUT2D eigenvalue weighted by molar-refractivity contribution is 7.89. The molecule has 0 unspecified atom stereocenters. The summed E-state index contributed by atoms with van der Waals surface area (Å²) in [5, 5.41) is 7.56. The molecule has 3 aromatic rings. The number of hydrogen-bond donors (Lipinski definition) is 2. The van der Waals surface area contributed by atoms with Crippen molar-refractivity contribution in [2.75, 3.05) is 37.6 Å². The summed E-state index contributed by atoms with van der Waals surface area (Å²) in [7, 11) is -3.78. The van der Waals surface area contributed by atoms with Crippen LogP contribution in [0.1, 0.15) is 6.42 Å². The number of hydrogen-bond acceptors (Lipinski definition) is 9. The van der Waals surface area contributed by atoms with Crippen molar-refractivity contribution in [3.63, 3.8) is 0 Å². The van der Waals surface area contributed by atoms with E-state index < -0.39 is 22.2 Å². The lowest BCUT2D eigenvalue weighted by molar-refractivity contribution is -0.192. The largest absolute Gasteiger partial charge is 0.490 e. The monoisotopic (exact) mass is 580 g/mol. The number of aliphatic carboxylic acids is 1. The van der Waals surface area contributed by atoms with E-state index in [4.69, 9.17) is 21.5 Å². The second-order valence-corrected chi connectivity index (χ2v) is 10.2. The number of amides is 1. The third-order valence-corrected chi connectivity index (χ3v) is 7.31. The lowest BCUT2D eigenvalue weighted by Crippen LogP contribution is -2.49. The van der Waals surface area contributed by atoms with E-state index in [1.807, 2.05) is 12.1 Å². The fourth-order valence-electron chi connectivity index (χ4n) is 3.29. The molecule has 1 saturated heterocycles. The first-order valence-corrected chi connectivity index (χ1v) is 13.1. The average molecular weight is 581 g/mol. The Morgan fingerprint density at radius 1 is 1.08 bits per heavy atom. The van der Waals surface area contributed by atoms with Crippen LogP contribution in [0.25, 0.3) is 11.0 Å². The molecule has 3 heterocycles. The lowest BCUT2D eigenvalue weighted by Gasteiger charge is -2.35. The molecule has 1 fully saturated rings. The second-order valence-electron chi connectivity index (χ2n) is 7.53. The summed E-state index contributed by atoms with van der Waals surface area (Å²) in [5.74, 6) is -2.06. The van der Waals surface area contributed by atoms with Gasteiger partial charge in [-0.15, -0.1) is 0 Å². The smallest absolute Gasteiger partial charge is 0.475 e. The number of halogens is 4. The molecule has 1 aliphatic rings. The highest BCUT2D eigenvalue weighted by Crippen LogP contribution is 2.21. The summed E-state index contributed by atoms with van der Waals surface area (Å²) in [6.07, 6.45) is -5.00. The van der Waals surface area contributed by atoms with Gasteiger partial charge in [0.25, 0.3) is 0 Å². The van der Waals surface area contributed by atoms with Gasteiger partial charge in [0.05, 0.1) is 11.7 Å². The molecule has 0 bridgehead atoms. The molecule has 0 aliphatic carbocycles. The Hall–Kier alpha value is -3.08. The zero-order valence-corrected chi connectivity index (χ0v) is 21.2. The number of alkyl halides is 3. The Labute approximate surface area is 218 Å². The maximum Gasteiger partial charge on any atom is 0.490 e. The van der Waals surface area contributed by atoms with E-state index in [2.05, 4.69) is 23.4 Å². The zero-order chi connectivity index (χ0) is 27.2. The number of rotatable bonds is 6. The topological polar surface area (TPSA) is 146 Å². The minimum atomic E-state index is -5.08. The molecule has 1 aliphatic heterocycles. The van der Waals surface area contributed by atoms with E-state index in [0.29, 0.717) is 42.4 Å². The quantitative estimate of drug-likeness (QED) is 0.420. The van der Waals surface area contributed by atoms with Crippen molar-refractivity contribution >= 4 is 62.1 Å². The number of anilines is 1. The van der Waals surface area contributed by atoms with Crippen LogP contribution < -0.4 is 9.62 Å². The van der Waals surface area contributed by atoms with E-state index in [1.165, 1.54) is 6.07 Å². The predicted octanol–water partition coefficient (Wildman–Crippen LogP) is 2.39. The van der Waals surface area contributed by atoms with Crippen molar-refractivity contribution in [2.45, 2.75) is 17.5 Å². The third kappa shape index (κ3) is 7.70. The number of aromatic nitrogens is 3. The molecule has 1 aromatic carbocycles. The molecule has 2 aromatic heterocycles. The van der Waals surface area contributed by atoms with Crippen LogP contribution in [-0.2, 0) is 19.6 Å². The van der Waals surface area contributed by atoms with Gasteiger partial charge in [0.15, 0.2) is 0 Å². The number of carboxylic acids is 1. The molecule has 4 rings (SSSR count). The van der Waals surface area contributed by atoms with Gasteiger partial charge in [0, 0.05) is 39.1 Å². The molecule has 0 atom stereocenters. The summed E-state index contributed by atoms with van der Waals surface area (Å²) in [4.78, 5) is 29.6. The summed E-state index contributed by atoms with van der Waals surface area (Å²) in [6, 6.07) is 10.3. The molecule has 2 N–H and O–H groups in total. The summed E-state index contributed by atoms with van der Waals surface area (Å²) < 4.78 is 67.6. The van der Waals surface area contributed by atoms with Gasteiger partial charge in [-0.3, -0.25) is 4.79 Å². The van der Waals surface area contributed by atoms with Gasteiger partial charge in [0.2, 0.25) is 15.9 Å². The molecule has 17 heteroatoms. The van der Waals surface area contributed by atoms with Gasteiger partial charge < -0.3 is 14.9 Å². The number of carbonyl (C=O) groups excluding carboxylic acids is 1. The number of fused-ring (bicyclic) bond motifs is 1. The summed E-state index contributed by atoms with van der Waals surface area (Å²) in [6.45, 7) is 2.39. The SMILES string of the molecule is O=C(CCNS(=O)(=O)c1cccc2nsnc12)N1CCN(c2cccc(Cl)n2)CC1.O=C(O)C(F)(F)F. The van der Waals surface area contributed by atoms with Crippen molar-refractivity contribution in [1.29, 1.82) is 0 Å². The minimum Gasteiger partial charge on any atom is -0.475 e. The summed E-state index contributed by atoms with van der Waals surface area (Å²) >= 11 is 6.90. The first-order chi connectivity index (χ1) is 17.4. The predicted molar refractivity (Wildman–Crippen MR) is 129 cm³/mol. The van der Waals surface area contributed by atoms with E-state index in [1.54, 1.807) is 23.1 Å². The maximum atomic E-state index is 12.6. The fourth-order valence-corrected chi connectivity index (χ4v) is 5.24. The normalized spacial score (nSPS) is 14.3. The second kappa shape index (κ2) is 12.0. The van der Waals surface area contributed by atoms with Crippen LogP contribution in [0.5, 0.6) is 0 Å². The van der Waals surface area contributed by atoms with Gasteiger partial charge in [-0.1, -0.05) is 23.7 Å². The molecule has 0 saturated carbocycles. The van der Waals surface area contributed by atoms with Crippen LogP contribution >= 0.6 is 23.3 Å². The molecule has 1 amide bonds. The van der Waals surface area contributed by atoms with Crippen molar-refractivity contribution in [3.8, 4) is 0 Å². The first kappa shape index (κ1) is 28.5. The maximum absolute atomic E-state index is 12.6. The zero-order valence-electron chi connectivity index (χ0n) is 18.9. The standard InChI is InChI=1S/C18H19ClN6O3S2.C2HF3O2/c19-15-5-2-6-16(21-15)24-9-11-25(12-10-24)17(26)7-8-20-30(27,28)14-4-1-3-13-18(14)23-29-22-13;3-2(4,5)1(6)7/h1-6,20H,7-12H2;(H,6,7). The Kier molecular flexibility index (Phi) is 9.22. The number of carboxylic acid groups (broad SMARTS) is 1. The van der Waals surface area contributed by atoms with E-state index >= 15 is 0 Å². The fraction of sp³-hybridized carbons (Fsp3) is 0.350. The number of benzene rings is 1. The number of sulfonamides is 1. The molecule has 0 spiro atoms. The number of piperazine rings is 1. The van der Waals surface area contributed by atoms with Crippen LogP contribution in [0.3, 0.4) is 0 Å². The molecular formula is C20H20ClF3N6O5S2. The number of pyridine rings is 1. The van der Waals surface area contributed by atoms with Crippen molar-refractivity contribution in [3.05, 3.63) is 41.6 Å². The van der Waals surface area contributed by atoms with Crippen LogP contribution in [-0.4, -0.2) is 82.9 Å². The van der Waals surface area contributed by atoms with Gasteiger partial charge >= 0.3 is 12.1 Å².